The minimum absolute atomic E-state index is 0. The Morgan fingerprint density at radius 3 is 2.67 bits per heavy atom. The van der Waals surface area contributed by atoms with Crippen LogP contribution >= 0.6 is 17.0 Å². The van der Waals surface area contributed by atoms with Crippen LogP contribution < -0.4 is 10.1 Å². The molecule has 2 aromatic rings. The van der Waals surface area contributed by atoms with Crippen LogP contribution in [0.3, 0.4) is 0 Å². The zero-order valence-corrected chi connectivity index (χ0v) is 14.0. The molecule has 5 heteroatoms. The molecule has 1 N–H and O–H groups in total. The predicted molar refractivity (Wildman–Crippen MR) is 92.6 cm³/mol. The second-order valence-electron chi connectivity index (χ2n) is 5.03. The van der Waals surface area contributed by atoms with Crippen molar-refractivity contribution in [2.45, 2.75) is 6.54 Å². The molecule has 0 saturated carbocycles. The lowest BCUT2D eigenvalue weighted by Gasteiger charge is -2.15. The van der Waals surface area contributed by atoms with E-state index in [9.17, 15) is 0 Å². The molecule has 1 aliphatic heterocycles. The van der Waals surface area contributed by atoms with Gasteiger partial charge in [0.15, 0.2) is 5.96 Å². The van der Waals surface area contributed by atoms with Gasteiger partial charge in [-0.15, -0.1) is 17.0 Å². The first kappa shape index (κ1) is 15.6. The number of halogens is 1. The Kier molecular flexibility index (Phi) is 5.07. The number of hydrogen-bond donors (Lipinski definition) is 1. The van der Waals surface area contributed by atoms with Gasteiger partial charge >= 0.3 is 0 Å². The minimum atomic E-state index is 0. The summed E-state index contributed by atoms with van der Waals surface area (Å²) in [5.41, 5.74) is 1.26. The van der Waals surface area contributed by atoms with Crippen LogP contribution in [0.15, 0.2) is 41.4 Å². The molecule has 0 aliphatic carbocycles. The highest BCUT2D eigenvalue weighted by molar-refractivity contribution is 8.93. The van der Waals surface area contributed by atoms with Crippen LogP contribution in [-0.4, -0.2) is 38.1 Å². The van der Waals surface area contributed by atoms with E-state index >= 15 is 0 Å². The number of fused-ring (bicyclic) bond motifs is 1. The Balaban J connectivity index is 0.00000161. The average Bonchev–Trinajstić information content (AvgIpc) is 2.89. The fourth-order valence-corrected chi connectivity index (χ4v) is 2.41. The Bertz CT molecular complexity index is 657. The maximum Gasteiger partial charge on any atom is 0.194 e. The minimum Gasteiger partial charge on any atom is -0.497 e. The standard InChI is InChI=1S/C16H19N3O.BrH/c1-19-8-7-17-16(19)18-11-12-3-4-14-10-15(20-2)6-5-13(14)9-12;/h3-6,9-10H,7-8,11H2,1-2H3,(H,17,18);1H. The highest BCUT2D eigenvalue weighted by Crippen LogP contribution is 2.21. The second-order valence-corrected chi connectivity index (χ2v) is 5.03. The van der Waals surface area contributed by atoms with E-state index in [0.717, 1.165) is 31.3 Å². The van der Waals surface area contributed by atoms with Crippen molar-refractivity contribution < 1.29 is 4.74 Å². The molecule has 1 heterocycles. The van der Waals surface area contributed by atoms with Gasteiger partial charge in [-0.2, -0.15) is 0 Å². The highest BCUT2D eigenvalue weighted by atomic mass is 79.9. The van der Waals surface area contributed by atoms with E-state index in [4.69, 9.17) is 4.74 Å². The Morgan fingerprint density at radius 1 is 1.19 bits per heavy atom. The lowest BCUT2D eigenvalue weighted by molar-refractivity contribution is 0.415. The molecule has 0 saturated heterocycles. The number of ether oxygens (including phenoxy) is 1. The van der Waals surface area contributed by atoms with Crippen LogP contribution in [0.2, 0.25) is 0 Å². The fraction of sp³-hybridized carbons (Fsp3) is 0.312. The molecule has 2 aromatic carbocycles. The Labute approximate surface area is 135 Å². The fourth-order valence-electron chi connectivity index (χ4n) is 2.41. The molecule has 0 aromatic heterocycles. The number of nitrogens with zero attached hydrogens (tertiary/aromatic N) is 2. The smallest absolute Gasteiger partial charge is 0.194 e. The van der Waals surface area contributed by atoms with Gasteiger partial charge in [-0.25, -0.2) is 0 Å². The maximum absolute atomic E-state index is 5.25. The van der Waals surface area contributed by atoms with Gasteiger partial charge in [0.1, 0.15) is 5.75 Å². The molecule has 0 spiro atoms. The maximum atomic E-state index is 5.25. The van der Waals surface area contributed by atoms with Gasteiger partial charge in [0, 0.05) is 20.1 Å². The average molecular weight is 350 g/mol. The number of methoxy groups -OCH3 is 1. The van der Waals surface area contributed by atoms with Crippen molar-refractivity contribution in [3.05, 3.63) is 42.0 Å². The first-order valence-electron chi connectivity index (χ1n) is 6.82. The van der Waals surface area contributed by atoms with Crippen molar-refractivity contribution in [3.8, 4) is 5.75 Å². The van der Waals surface area contributed by atoms with Crippen LogP contribution in [0.4, 0.5) is 0 Å². The molecular formula is C16H20BrN3O. The number of benzene rings is 2. The van der Waals surface area contributed by atoms with Gasteiger partial charge in [0.05, 0.1) is 13.7 Å². The molecule has 0 atom stereocenters. The third kappa shape index (κ3) is 3.47. The summed E-state index contributed by atoms with van der Waals surface area (Å²) in [6.45, 7) is 2.68. The lowest BCUT2D eigenvalue weighted by Crippen LogP contribution is -2.35. The zero-order chi connectivity index (χ0) is 13.9. The van der Waals surface area contributed by atoms with Gasteiger partial charge < -0.3 is 15.0 Å². The molecule has 1 aliphatic rings. The summed E-state index contributed by atoms with van der Waals surface area (Å²) in [4.78, 5) is 6.58. The van der Waals surface area contributed by atoms with Crippen molar-refractivity contribution in [2.24, 2.45) is 4.99 Å². The van der Waals surface area contributed by atoms with Gasteiger partial charge in [-0.05, 0) is 34.5 Å². The van der Waals surface area contributed by atoms with E-state index in [1.54, 1.807) is 7.11 Å². The summed E-state index contributed by atoms with van der Waals surface area (Å²) in [7, 11) is 3.75. The highest BCUT2D eigenvalue weighted by Gasteiger charge is 2.11. The van der Waals surface area contributed by atoms with E-state index in [1.807, 2.05) is 6.07 Å². The molecule has 0 bridgehead atoms. The number of guanidine groups is 1. The van der Waals surface area contributed by atoms with Crippen LogP contribution in [0.1, 0.15) is 5.56 Å². The molecule has 112 valence electrons. The molecule has 21 heavy (non-hydrogen) atoms. The predicted octanol–water partition coefficient (Wildman–Crippen LogP) is 2.82. The van der Waals surface area contributed by atoms with Crippen LogP contribution in [-0.2, 0) is 6.54 Å². The van der Waals surface area contributed by atoms with Crippen molar-refractivity contribution in [1.29, 1.82) is 0 Å². The quantitative estimate of drug-likeness (QED) is 0.925. The topological polar surface area (TPSA) is 36.9 Å². The summed E-state index contributed by atoms with van der Waals surface area (Å²) in [5.74, 6) is 1.88. The van der Waals surface area contributed by atoms with Gasteiger partial charge in [0.2, 0.25) is 0 Å². The second kappa shape index (κ2) is 6.80. The van der Waals surface area contributed by atoms with Crippen molar-refractivity contribution in [3.63, 3.8) is 0 Å². The van der Waals surface area contributed by atoms with Gasteiger partial charge in [-0.3, -0.25) is 4.99 Å². The first-order valence-corrected chi connectivity index (χ1v) is 6.82. The molecule has 0 fully saturated rings. The lowest BCUT2D eigenvalue weighted by atomic mass is 10.1. The molecular weight excluding hydrogens is 330 g/mol. The number of hydrogen-bond acceptors (Lipinski definition) is 4. The summed E-state index contributed by atoms with van der Waals surface area (Å²) in [5, 5.41) is 5.81. The zero-order valence-electron chi connectivity index (χ0n) is 12.3. The van der Waals surface area contributed by atoms with E-state index in [1.165, 1.54) is 16.3 Å². The number of rotatable bonds is 3. The van der Waals surface area contributed by atoms with Crippen molar-refractivity contribution in [1.82, 2.24) is 10.2 Å². The van der Waals surface area contributed by atoms with E-state index in [-0.39, 0.29) is 17.0 Å². The van der Waals surface area contributed by atoms with E-state index in [0.29, 0.717) is 0 Å². The third-order valence-electron chi connectivity index (χ3n) is 3.62. The van der Waals surface area contributed by atoms with Crippen molar-refractivity contribution in [2.75, 3.05) is 27.2 Å². The third-order valence-corrected chi connectivity index (χ3v) is 3.62. The summed E-state index contributed by atoms with van der Waals surface area (Å²) in [6, 6.07) is 12.6. The number of nitrogens with one attached hydrogen (secondary N) is 1. The van der Waals surface area contributed by atoms with Crippen LogP contribution in [0, 0.1) is 0 Å². The van der Waals surface area contributed by atoms with Gasteiger partial charge in [0.25, 0.3) is 0 Å². The SMILES string of the molecule is Br.COc1ccc2cc(CNC3=NCCN3C)ccc2c1. The Hall–Kier alpha value is -1.75. The van der Waals surface area contributed by atoms with Crippen LogP contribution in [0.5, 0.6) is 5.75 Å². The van der Waals surface area contributed by atoms with Crippen molar-refractivity contribution >= 4 is 33.7 Å². The monoisotopic (exact) mass is 349 g/mol. The number of likely N-dealkylation sites (N-methyl/N-ethyl adjacent to an activating group) is 1. The molecule has 4 nitrogen and oxygen atoms in total. The molecule has 0 unspecified atom stereocenters. The molecule has 3 rings (SSSR count). The van der Waals surface area contributed by atoms with Crippen LogP contribution in [0.25, 0.3) is 10.8 Å². The number of aliphatic imine (C=N–C) groups is 1. The molecule has 0 amide bonds. The van der Waals surface area contributed by atoms with E-state index < -0.39 is 0 Å². The largest absolute Gasteiger partial charge is 0.497 e. The summed E-state index contributed by atoms with van der Waals surface area (Å²) < 4.78 is 5.25. The Morgan fingerprint density at radius 2 is 1.95 bits per heavy atom. The molecule has 0 radical (unpaired) electrons. The normalized spacial score (nSPS) is 13.8. The summed E-state index contributed by atoms with van der Waals surface area (Å²) in [6.07, 6.45) is 0. The first-order chi connectivity index (χ1) is 9.76. The summed E-state index contributed by atoms with van der Waals surface area (Å²) >= 11 is 0. The van der Waals surface area contributed by atoms with Gasteiger partial charge in [-0.1, -0.05) is 18.2 Å². The van der Waals surface area contributed by atoms with E-state index in [2.05, 4.69) is 52.6 Å².